The Labute approximate surface area is 123 Å². The zero-order valence-corrected chi connectivity index (χ0v) is 13.5. The van der Waals surface area contributed by atoms with Gasteiger partial charge >= 0.3 is 0 Å². The van der Waals surface area contributed by atoms with Crippen LogP contribution in [0.4, 0.5) is 4.39 Å². The molecule has 0 heterocycles. The second kappa shape index (κ2) is 8.67. The standard InChI is InChI=1S/C15H23BrFNO/c1-4-7-18-15(8-11(2)10-19-3)13-9-12(16)5-6-14(13)17/h5-6,9,11,15,18H,4,7-8,10H2,1-3H3. The van der Waals surface area contributed by atoms with E-state index in [1.165, 1.54) is 6.07 Å². The van der Waals surface area contributed by atoms with Crippen LogP contribution in [0.5, 0.6) is 0 Å². The van der Waals surface area contributed by atoms with Crippen molar-refractivity contribution < 1.29 is 9.13 Å². The number of hydrogen-bond acceptors (Lipinski definition) is 2. The van der Waals surface area contributed by atoms with E-state index in [0.29, 0.717) is 12.5 Å². The number of methoxy groups -OCH3 is 1. The maximum Gasteiger partial charge on any atom is 0.128 e. The van der Waals surface area contributed by atoms with Gasteiger partial charge < -0.3 is 10.1 Å². The fourth-order valence-corrected chi connectivity index (χ4v) is 2.55. The van der Waals surface area contributed by atoms with E-state index in [9.17, 15) is 4.39 Å². The molecular weight excluding hydrogens is 309 g/mol. The predicted molar refractivity (Wildman–Crippen MR) is 80.8 cm³/mol. The topological polar surface area (TPSA) is 21.3 Å². The van der Waals surface area contributed by atoms with Gasteiger partial charge in [-0.15, -0.1) is 0 Å². The van der Waals surface area contributed by atoms with Crippen LogP contribution < -0.4 is 5.32 Å². The van der Waals surface area contributed by atoms with Gasteiger partial charge in [0, 0.05) is 29.8 Å². The summed E-state index contributed by atoms with van der Waals surface area (Å²) in [7, 11) is 1.70. The zero-order chi connectivity index (χ0) is 14.3. The Balaban J connectivity index is 2.85. The molecule has 1 aromatic rings. The quantitative estimate of drug-likeness (QED) is 0.766. The average Bonchev–Trinajstić information content (AvgIpc) is 2.38. The molecule has 0 saturated heterocycles. The molecule has 0 aliphatic rings. The number of benzene rings is 1. The van der Waals surface area contributed by atoms with Crippen LogP contribution in [-0.4, -0.2) is 20.3 Å². The maximum atomic E-state index is 14.0. The van der Waals surface area contributed by atoms with E-state index in [-0.39, 0.29) is 11.9 Å². The number of ether oxygens (including phenoxy) is 1. The molecular formula is C15H23BrFNO. The van der Waals surface area contributed by atoms with Gasteiger partial charge in [0.2, 0.25) is 0 Å². The zero-order valence-electron chi connectivity index (χ0n) is 11.9. The summed E-state index contributed by atoms with van der Waals surface area (Å²) in [6, 6.07) is 5.14. The number of halogens is 2. The predicted octanol–water partition coefficient (Wildman–Crippen LogP) is 4.30. The summed E-state index contributed by atoms with van der Waals surface area (Å²) in [6.07, 6.45) is 1.89. The van der Waals surface area contributed by atoms with Gasteiger partial charge in [0.05, 0.1) is 0 Å². The van der Waals surface area contributed by atoms with Gasteiger partial charge in [0.25, 0.3) is 0 Å². The fraction of sp³-hybridized carbons (Fsp3) is 0.600. The molecule has 2 unspecified atom stereocenters. The molecule has 0 bridgehead atoms. The Hall–Kier alpha value is -0.450. The van der Waals surface area contributed by atoms with Crippen molar-refractivity contribution in [3.05, 3.63) is 34.1 Å². The van der Waals surface area contributed by atoms with E-state index in [4.69, 9.17) is 4.74 Å². The van der Waals surface area contributed by atoms with Crippen LogP contribution in [0, 0.1) is 11.7 Å². The SMILES string of the molecule is CCCNC(CC(C)COC)c1cc(Br)ccc1F. The highest BCUT2D eigenvalue weighted by molar-refractivity contribution is 9.10. The van der Waals surface area contributed by atoms with Crippen molar-refractivity contribution in [2.75, 3.05) is 20.3 Å². The molecule has 1 aromatic carbocycles. The third kappa shape index (κ3) is 5.59. The van der Waals surface area contributed by atoms with E-state index >= 15 is 0 Å². The van der Waals surface area contributed by atoms with Crippen molar-refractivity contribution in [2.24, 2.45) is 5.92 Å². The van der Waals surface area contributed by atoms with Crippen molar-refractivity contribution in [3.63, 3.8) is 0 Å². The minimum atomic E-state index is -0.151. The van der Waals surface area contributed by atoms with Gasteiger partial charge in [-0.1, -0.05) is 29.8 Å². The van der Waals surface area contributed by atoms with Crippen LogP contribution in [0.1, 0.15) is 38.3 Å². The highest BCUT2D eigenvalue weighted by atomic mass is 79.9. The van der Waals surface area contributed by atoms with Gasteiger partial charge in [-0.05, 0) is 43.5 Å². The lowest BCUT2D eigenvalue weighted by Gasteiger charge is -2.23. The van der Waals surface area contributed by atoms with Crippen LogP contribution in [-0.2, 0) is 4.74 Å². The average molecular weight is 332 g/mol. The van der Waals surface area contributed by atoms with Crippen LogP contribution in [0.2, 0.25) is 0 Å². The van der Waals surface area contributed by atoms with Crippen molar-refractivity contribution >= 4 is 15.9 Å². The lowest BCUT2D eigenvalue weighted by atomic mass is 9.95. The van der Waals surface area contributed by atoms with Crippen molar-refractivity contribution in [1.82, 2.24) is 5.32 Å². The van der Waals surface area contributed by atoms with Crippen LogP contribution in [0.25, 0.3) is 0 Å². The molecule has 108 valence electrons. The monoisotopic (exact) mass is 331 g/mol. The first-order valence-electron chi connectivity index (χ1n) is 6.75. The third-order valence-electron chi connectivity index (χ3n) is 3.06. The Kier molecular flexibility index (Phi) is 7.57. The number of nitrogens with one attached hydrogen (secondary N) is 1. The largest absolute Gasteiger partial charge is 0.384 e. The molecule has 19 heavy (non-hydrogen) atoms. The summed E-state index contributed by atoms with van der Waals surface area (Å²) in [5, 5.41) is 3.43. The molecule has 0 aromatic heterocycles. The lowest BCUT2D eigenvalue weighted by molar-refractivity contribution is 0.149. The Morgan fingerprint density at radius 1 is 1.42 bits per heavy atom. The van der Waals surface area contributed by atoms with Gasteiger partial charge in [-0.25, -0.2) is 4.39 Å². The summed E-state index contributed by atoms with van der Waals surface area (Å²) in [6.45, 7) is 5.82. The molecule has 0 fully saturated rings. The Morgan fingerprint density at radius 3 is 2.79 bits per heavy atom. The van der Waals surface area contributed by atoms with Crippen molar-refractivity contribution in [1.29, 1.82) is 0 Å². The number of hydrogen-bond donors (Lipinski definition) is 1. The van der Waals surface area contributed by atoms with Gasteiger partial charge in [0.1, 0.15) is 5.82 Å². The third-order valence-corrected chi connectivity index (χ3v) is 3.56. The molecule has 0 saturated carbocycles. The van der Waals surface area contributed by atoms with E-state index in [0.717, 1.165) is 29.4 Å². The molecule has 0 aliphatic heterocycles. The minimum Gasteiger partial charge on any atom is -0.384 e. The highest BCUT2D eigenvalue weighted by Crippen LogP contribution is 2.26. The van der Waals surface area contributed by atoms with Gasteiger partial charge in [-0.2, -0.15) is 0 Å². The van der Waals surface area contributed by atoms with E-state index in [2.05, 4.69) is 35.1 Å². The molecule has 0 aliphatic carbocycles. The summed E-state index contributed by atoms with van der Waals surface area (Å²) >= 11 is 3.41. The summed E-state index contributed by atoms with van der Waals surface area (Å²) < 4.78 is 20.1. The Morgan fingerprint density at radius 2 is 2.16 bits per heavy atom. The van der Waals surface area contributed by atoms with Crippen LogP contribution in [0.15, 0.2) is 22.7 Å². The summed E-state index contributed by atoms with van der Waals surface area (Å²) in [5.74, 6) is 0.235. The van der Waals surface area contributed by atoms with E-state index in [1.54, 1.807) is 13.2 Å². The van der Waals surface area contributed by atoms with Crippen molar-refractivity contribution in [2.45, 2.75) is 32.7 Å². The summed E-state index contributed by atoms with van der Waals surface area (Å²) in [5.41, 5.74) is 0.728. The normalized spacial score (nSPS) is 14.4. The molecule has 0 radical (unpaired) electrons. The fourth-order valence-electron chi connectivity index (χ4n) is 2.18. The molecule has 2 atom stereocenters. The van der Waals surface area contributed by atoms with Gasteiger partial charge in [0.15, 0.2) is 0 Å². The molecule has 1 N–H and O–H groups in total. The number of rotatable bonds is 8. The first kappa shape index (κ1) is 16.6. The van der Waals surface area contributed by atoms with Crippen molar-refractivity contribution in [3.8, 4) is 0 Å². The Bertz CT molecular complexity index is 386. The second-order valence-corrected chi connectivity index (χ2v) is 5.88. The molecule has 0 spiro atoms. The first-order chi connectivity index (χ1) is 9.08. The molecule has 0 amide bonds. The molecule has 4 heteroatoms. The smallest absolute Gasteiger partial charge is 0.128 e. The first-order valence-corrected chi connectivity index (χ1v) is 7.55. The highest BCUT2D eigenvalue weighted by Gasteiger charge is 2.18. The molecule has 2 nitrogen and oxygen atoms in total. The van der Waals surface area contributed by atoms with E-state index < -0.39 is 0 Å². The second-order valence-electron chi connectivity index (χ2n) is 4.97. The maximum absolute atomic E-state index is 14.0. The summed E-state index contributed by atoms with van der Waals surface area (Å²) in [4.78, 5) is 0. The molecule has 1 rings (SSSR count). The van der Waals surface area contributed by atoms with E-state index in [1.807, 2.05) is 6.07 Å². The minimum absolute atomic E-state index is 0.0302. The van der Waals surface area contributed by atoms with Gasteiger partial charge in [-0.3, -0.25) is 0 Å². The lowest BCUT2D eigenvalue weighted by Crippen LogP contribution is -2.26. The van der Waals surface area contributed by atoms with Crippen LogP contribution >= 0.6 is 15.9 Å². The van der Waals surface area contributed by atoms with Crippen LogP contribution in [0.3, 0.4) is 0 Å².